The lowest BCUT2D eigenvalue weighted by Gasteiger charge is -1.94. The minimum absolute atomic E-state index is 0.938. The van der Waals surface area contributed by atoms with Crippen LogP contribution in [0, 0.1) is 0 Å². The molecular weight excluding hydrogens is 166 g/mol. The largest absolute Gasteiger partial charge is 0.324 e. The van der Waals surface area contributed by atoms with Gasteiger partial charge in [0.05, 0.1) is 12.4 Å². The second-order valence-corrected chi connectivity index (χ2v) is 2.17. The van der Waals surface area contributed by atoms with Gasteiger partial charge in [-0.05, 0) is 12.1 Å². The second-order valence-electron chi connectivity index (χ2n) is 2.17. The summed E-state index contributed by atoms with van der Waals surface area (Å²) in [4.78, 5) is 0. The smallest absolute Gasteiger partial charge is 0.0690 e. The third-order valence-corrected chi connectivity index (χ3v) is 1.27. The fraction of sp³-hybridized carbons (Fsp3) is 0. The van der Waals surface area contributed by atoms with Gasteiger partial charge in [0.15, 0.2) is 0 Å². The van der Waals surface area contributed by atoms with Gasteiger partial charge >= 0.3 is 0 Å². The number of anilines is 1. The highest BCUT2D eigenvalue weighted by atomic mass is 15.3. The van der Waals surface area contributed by atoms with E-state index in [1.54, 1.807) is 12.4 Å². The van der Waals surface area contributed by atoms with Crippen molar-refractivity contribution in [2.24, 2.45) is 5.84 Å². The van der Waals surface area contributed by atoms with E-state index in [0.29, 0.717) is 0 Å². The Hall–Kier alpha value is -1.88. The lowest BCUT2D eigenvalue weighted by Crippen LogP contribution is -2.05. The predicted octanol–water partition coefficient (Wildman–Crippen LogP) is 0.777. The summed E-state index contributed by atoms with van der Waals surface area (Å²) in [6.07, 6.45) is 3.17. The van der Waals surface area contributed by atoms with Gasteiger partial charge in [-0.3, -0.25) is 5.84 Å². The first-order valence-corrected chi connectivity index (χ1v) is 3.75. The number of nitrogens with zero attached hydrogens (tertiary/aromatic N) is 2. The molecule has 13 heavy (non-hydrogen) atoms. The number of hydrazine groups is 1. The van der Waals surface area contributed by atoms with E-state index in [1.807, 2.05) is 30.3 Å². The molecular formula is C8H11N5. The van der Waals surface area contributed by atoms with Gasteiger partial charge in [0.2, 0.25) is 0 Å². The summed E-state index contributed by atoms with van der Waals surface area (Å²) in [5.74, 6) is 5.10. The van der Waals surface area contributed by atoms with Crippen LogP contribution in [0.15, 0.2) is 42.7 Å². The molecule has 0 spiro atoms. The number of nitrogen functional groups attached to an aromatic ring is 1. The molecule has 0 amide bonds. The molecule has 0 bridgehead atoms. The molecule has 0 aliphatic carbocycles. The highest BCUT2D eigenvalue weighted by Crippen LogP contribution is 2.00. The number of hydrogen-bond donors (Lipinski definition) is 3. The van der Waals surface area contributed by atoms with Crippen LogP contribution in [-0.2, 0) is 0 Å². The van der Waals surface area contributed by atoms with E-state index in [4.69, 9.17) is 5.84 Å². The lowest BCUT2D eigenvalue weighted by molar-refractivity contribution is 0.940. The number of aromatic nitrogens is 3. The standard InChI is InChI=1S/C6H8N2.C2H3N3/c7-8-6-4-2-1-3-5-6;1-2-4-5-3-1/h1-5,8H,7H2;1-2H,(H,3,4,5). The third-order valence-electron chi connectivity index (χ3n) is 1.27. The van der Waals surface area contributed by atoms with Crippen molar-refractivity contribution in [3.05, 3.63) is 42.7 Å². The average Bonchev–Trinajstić information content (AvgIpc) is 2.77. The summed E-state index contributed by atoms with van der Waals surface area (Å²) < 4.78 is 0. The van der Waals surface area contributed by atoms with Crippen molar-refractivity contribution in [2.45, 2.75) is 0 Å². The Kier molecular flexibility index (Phi) is 4.06. The number of nitrogens with two attached hydrogens (primary N) is 1. The zero-order valence-corrected chi connectivity index (χ0v) is 7.01. The maximum absolute atomic E-state index is 5.10. The lowest BCUT2D eigenvalue weighted by atomic mass is 10.3. The summed E-state index contributed by atoms with van der Waals surface area (Å²) in [6.45, 7) is 0. The molecule has 4 N–H and O–H groups in total. The van der Waals surface area contributed by atoms with Crippen LogP contribution in [0.25, 0.3) is 0 Å². The van der Waals surface area contributed by atoms with E-state index in [-0.39, 0.29) is 0 Å². The van der Waals surface area contributed by atoms with Crippen LogP contribution in [-0.4, -0.2) is 15.4 Å². The quantitative estimate of drug-likeness (QED) is 0.444. The van der Waals surface area contributed by atoms with E-state index >= 15 is 0 Å². The average molecular weight is 177 g/mol. The van der Waals surface area contributed by atoms with Gasteiger partial charge < -0.3 is 5.43 Å². The monoisotopic (exact) mass is 177 g/mol. The number of benzene rings is 1. The minimum Gasteiger partial charge on any atom is -0.324 e. The Balaban J connectivity index is 0.000000145. The van der Waals surface area contributed by atoms with Crippen LogP contribution in [0.1, 0.15) is 0 Å². The van der Waals surface area contributed by atoms with Crippen molar-refractivity contribution in [2.75, 3.05) is 5.43 Å². The third kappa shape index (κ3) is 3.88. The van der Waals surface area contributed by atoms with E-state index in [2.05, 4.69) is 20.8 Å². The fourth-order valence-corrected chi connectivity index (χ4v) is 0.701. The Bertz CT molecular complexity index is 274. The molecule has 0 saturated carbocycles. The SMILES string of the molecule is NNc1ccccc1.c1cn[nH]n1. The number of aromatic amines is 1. The van der Waals surface area contributed by atoms with Crippen LogP contribution in [0.3, 0.4) is 0 Å². The normalized spacial score (nSPS) is 8.38. The molecule has 5 heteroatoms. The molecule has 2 aromatic rings. The Morgan fingerprint density at radius 3 is 2.00 bits per heavy atom. The van der Waals surface area contributed by atoms with Gasteiger partial charge in [-0.1, -0.05) is 18.2 Å². The van der Waals surface area contributed by atoms with Crippen LogP contribution >= 0.6 is 0 Å². The van der Waals surface area contributed by atoms with Crippen molar-refractivity contribution in [1.29, 1.82) is 0 Å². The first-order chi connectivity index (χ1) is 6.43. The Labute approximate surface area is 75.9 Å². The van der Waals surface area contributed by atoms with E-state index in [0.717, 1.165) is 5.69 Å². The van der Waals surface area contributed by atoms with Crippen molar-refractivity contribution in [1.82, 2.24) is 15.4 Å². The summed E-state index contributed by atoms with van der Waals surface area (Å²) in [6, 6.07) is 9.60. The second kappa shape index (κ2) is 5.73. The van der Waals surface area contributed by atoms with Gasteiger partial charge in [-0.25, -0.2) is 0 Å². The van der Waals surface area contributed by atoms with Crippen LogP contribution < -0.4 is 11.3 Å². The van der Waals surface area contributed by atoms with Crippen molar-refractivity contribution in [3.8, 4) is 0 Å². The maximum Gasteiger partial charge on any atom is 0.0690 e. The Morgan fingerprint density at radius 2 is 1.69 bits per heavy atom. The van der Waals surface area contributed by atoms with E-state index in [1.165, 1.54) is 0 Å². The highest BCUT2D eigenvalue weighted by molar-refractivity contribution is 5.40. The van der Waals surface area contributed by atoms with Gasteiger partial charge in [0, 0.05) is 5.69 Å². The topological polar surface area (TPSA) is 79.6 Å². The maximum atomic E-state index is 5.10. The molecule has 1 heterocycles. The van der Waals surface area contributed by atoms with Gasteiger partial charge in [0.25, 0.3) is 0 Å². The Morgan fingerprint density at radius 1 is 1.08 bits per heavy atom. The molecule has 2 rings (SSSR count). The molecule has 0 aliphatic heterocycles. The molecule has 1 aromatic heterocycles. The summed E-state index contributed by atoms with van der Waals surface area (Å²) in [5, 5.41) is 9.33. The van der Waals surface area contributed by atoms with E-state index in [9.17, 15) is 0 Å². The summed E-state index contributed by atoms with van der Waals surface area (Å²) in [7, 11) is 0. The van der Waals surface area contributed by atoms with Crippen molar-refractivity contribution in [3.63, 3.8) is 0 Å². The predicted molar refractivity (Wildman–Crippen MR) is 50.6 cm³/mol. The van der Waals surface area contributed by atoms with E-state index < -0.39 is 0 Å². The minimum atomic E-state index is 0.938. The molecule has 0 aliphatic rings. The van der Waals surface area contributed by atoms with Gasteiger partial charge in [-0.2, -0.15) is 15.4 Å². The first kappa shape index (κ1) is 9.21. The van der Waals surface area contributed by atoms with Gasteiger partial charge in [-0.15, -0.1) is 0 Å². The fourth-order valence-electron chi connectivity index (χ4n) is 0.701. The summed E-state index contributed by atoms with van der Waals surface area (Å²) >= 11 is 0. The molecule has 0 saturated heterocycles. The number of rotatable bonds is 1. The molecule has 0 radical (unpaired) electrons. The number of hydrogen-bond acceptors (Lipinski definition) is 4. The summed E-state index contributed by atoms with van der Waals surface area (Å²) in [5.41, 5.74) is 3.46. The van der Waals surface area contributed by atoms with Crippen LogP contribution in [0.4, 0.5) is 5.69 Å². The van der Waals surface area contributed by atoms with Crippen molar-refractivity contribution < 1.29 is 0 Å². The van der Waals surface area contributed by atoms with Gasteiger partial charge in [0.1, 0.15) is 0 Å². The molecule has 0 unspecified atom stereocenters. The van der Waals surface area contributed by atoms with Crippen molar-refractivity contribution >= 4 is 5.69 Å². The molecule has 5 nitrogen and oxygen atoms in total. The zero-order chi connectivity index (χ0) is 9.36. The first-order valence-electron chi connectivity index (χ1n) is 3.75. The number of para-hydroxylation sites is 1. The molecule has 68 valence electrons. The van der Waals surface area contributed by atoms with Crippen LogP contribution in [0.5, 0.6) is 0 Å². The molecule has 0 atom stereocenters. The number of H-pyrrole nitrogens is 1. The molecule has 0 fully saturated rings. The van der Waals surface area contributed by atoms with Crippen LogP contribution in [0.2, 0.25) is 0 Å². The highest BCUT2D eigenvalue weighted by Gasteiger charge is 1.78. The number of nitrogens with one attached hydrogen (secondary N) is 2. The zero-order valence-electron chi connectivity index (χ0n) is 7.01. The molecule has 1 aromatic carbocycles.